The molecule has 2 rings (SSSR count). The first-order valence-corrected chi connectivity index (χ1v) is 5.86. The molecule has 5 heteroatoms. The summed E-state index contributed by atoms with van der Waals surface area (Å²) in [6.45, 7) is 1.46. The zero-order valence-corrected chi connectivity index (χ0v) is 10.3. The Bertz CT molecular complexity index is 397. The highest BCUT2D eigenvalue weighted by molar-refractivity contribution is 9.10. The molecule has 0 atom stereocenters. The second-order valence-corrected chi connectivity index (χ2v) is 4.66. The van der Waals surface area contributed by atoms with Gasteiger partial charge in [0.1, 0.15) is 0 Å². The predicted molar refractivity (Wildman–Crippen MR) is 64.5 cm³/mol. The van der Waals surface area contributed by atoms with Crippen molar-refractivity contribution < 1.29 is 4.79 Å². The van der Waals surface area contributed by atoms with Gasteiger partial charge in [0.15, 0.2) is 0 Å². The minimum Gasteiger partial charge on any atom is -0.338 e. The molecule has 80 valence electrons. The van der Waals surface area contributed by atoms with Gasteiger partial charge >= 0.3 is 6.03 Å². The first-order chi connectivity index (χ1) is 7.18. The predicted octanol–water partition coefficient (Wildman–Crippen LogP) is 3.02. The van der Waals surface area contributed by atoms with Crippen LogP contribution in [0.25, 0.3) is 0 Å². The number of amides is 2. The standard InChI is InChI=1S/C10H10BrClN2O/c11-7-2-3-9(8(12)6-7)14-5-1-4-13-10(14)15/h2-3,6H,1,4-5H2,(H,13,15). The summed E-state index contributed by atoms with van der Waals surface area (Å²) >= 11 is 9.41. The molecule has 1 aromatic carbocycles. The van der Waals surface area contributed by atoms with Gasteiger partial charge in [0.2, 0.25) is 0 Å². The molecular weight excluding hydrogens is 279 g/mol. The van der Waals surface area contributed by atoms with Gasteiger partial charge in [-0.2, -0.15) is 0 Å². The number of hydrogen-bond acceptors (Lipinski definition) is 1. The number of urea groups is 1. The molecule has 15 heavy (non-hydrogen) atoms. The van der Waals surface area contributed by atoms with E-state index in [1.165, 1.54) is 0 Å². The first-order valence-electron chi connectivity index (χ1n) is 4.69. The number of rotatable bonds is 1. The molecule has 0 aromatic heterocycles. The van der Waals surface area contributed by atoms with Crippen LogP contribution in [-0.4, -0.2) is 19.1 Å². The van der Waals surface area contributed by atoms with Crippen molar-refractivity contribution in [3.05, 3.63) is 27.7 Å². The van der Waals surface area contributed by atoms with Crippen molar-refractivity contribution in [3.63, 3.8) is 0 Å². The molecule has 0 saturated carbocycles. The fourth-order valence-electron chi connectivity index (χ4n) is 1.56. The Balaban J connectivity index is 2.31. The number of carbonyl (C=O) groups excluding carboxylic acids is 1. The van der Waals surface area contributed by atoms with Crippen LogP contribution in [0.5, 0.6) is 0 Å². The van der Waals surface area contributed by atoms with E-state index in [-0.39, 0.29) is 6.03 Å². The molecule has 1 aliphatic heterocycles. The Hall–Kier alpha value is -0.740. The van der Waals surface area contributed by atoms with Gasteiger partial charge in [0.05, 0.1) is 10.7 Å². The van der Waals surface area contributed by atoms with Crippen molar-refractivity contribution in [2.75, 3.05) is 18.0 Å². The average molecular weight is 290 g/mol. The molecule has 0 aliphatic carbocycles. The lowest BCUT2D eigenvalue weighted by molar-refractivity contribution is 0.243. The molecule has 2 amide bonds. The lowest BCUT2D eigenvalue weighted by atomic mass is 10.2. The smallest absolute Gasteiger partial charge is 0.321 e. The molecule has 0 unspecified atom stereocenters. The molecular formula is C10H10BrClN2O. The lowest BCUT2D eigenvalue weighted by Gasteiger charge is -2.28. The first kappa shape index (κ1) is 10.8. The Kier molecular flexibility index (Phi) is 3.17. The van der Waals surface area contributed by atoms with Gasteiger partial charge in [-0.15, -0.1) is 0 Å². The molecule has 0 bridgehead atoms. The van der Waals surface area contributed by atoms with Gasteiger partial charge in [-0.25, -0.2) is 4.79 Å². The van der Waals surface area contributed by atoms with Crippen molar-refractivity contribution in [1.29, 1.82) is 0 Å². The van der Waals surface area contributed by atoms with Crippen molar-refractivity contribution in [1.82, 2.24) is 5.32 Å². The van der Waals surface area contributed by atoms with E-state index in [0.717, 1.165) is 23.1 Å². The molecule has 1 heterocycles. The summed E-state index contributed by atoms with van der Waals surface area (Å²) in [7, 11) is 0. The summed E-state index contributed by atoms with van der Waals surface area (Å²) < 4.78 is 0.911. The van der Waals surface area contributed by atoms with Gasteiger partial charge in [0, 0.05) is 17.6 Å². The normalized spacial score (nSPS) is 16.4. The van der Waals surface area contributed by atoms with Crippen LogP contribution in [0, 0.1) is 0 Å². The zero-order valence-electron chi connectivity index (χ0n) is 7.96. The minimum atomic E-state index is -0.0783. The number of nitrogens with zero attached hydrogens (tertiary/aromatic N) is 1. The number of carbonyl (C=O) groups is 1. The molecule has 0 radical (unpaired) electrons. The maximum absolute atomic E-state index is 11.6. The SMILES string of the molecule is O=C1NCCCN1c1ccc(Br)cc1Cl. The molecule has 1 aromatic rings. The van der Waals surface area contributed by atoms with E-state index >= 15 is 0 Å². The van der Waals surface area contributed by atoms with Crippen molar-refractivity contribution in [3.8, 4) is 0 Å². The van der Waals surface area contributed by atoms with Crippen LogP contribution in [0.2, 0.25) is 5.02 Å². The molecule has 0 spiro atoms. The summed E-state index contributed by atoms with van der Waals surface area (Å²) in [4.78, 5) is 13.2. The van der Waals surface area contributed by atoms with Gasteiger partial charge < -0.3 is 5.32 Å². The topological polar surface area (TPSA) is 32.3 Å². The van der Waals surface area contributed by atoms with Crippen molar-refractivity contribution >= 4 is 39.2 Å². The van der Waals surface area contributed by atoms with E-state index in [9.17, 15) is 4.79 Å². The maximum atomic E-state index is 11.6. The number of halogens is 2. The largest absolute Gasteiger partial charge is 0.338 e. The summed E-state index contributed by atoms with van der Waals surface area (Å²) in [6, 6.07) is 5.43. The fourth-order valence-corrected chi connectivity index (χ4v) is 2.33. The second-order valence-electron chi connectivity index (χ2n) is 3.33. The van der Waals surface area contributed by atoms with Gasteiger partial charge in [-0.3, -0.25) is 4.90 Å². The van der Waals surface area contributed by atoms with E-state index in [4.69, 9.17) is 11.6 Å². The second kappa shape index (κ2) is 4.41. The third-order valence-electron chi connectivity index (χ3n) is 2.28. The Morgan fingerprint density at radius 2 is 2.27 bits per heavy atom. The Morgan fingerprint density at radius 3 is 2.93 bits per heavy atom. The third kappa shape index (κ3) is 2.26. The van der Waals surface area contributed by atoms with Crippen LogP contribution in [0.15, 0.2) is 22.7 Å². The number of hydrogen-bond donors (Lipinski definition) is 1. The minimum absolute atomic E-state index is 0.0783. The van der Waals surface area contributed by atoms with E-state index in [1.807, 2.05) is 12.1 Å². The fraction of sp³-hybridized carbons (Fsp3) is 0.300. The van der Waals surface area contributed by atoms with Crippen LogP contribution in [0.3, 0.4) is 0 Å². The van der Waals surface area contributed by atoms with E-state index in [1.54, 1.807) is 11.0 Å². The number of benzene rings is 1. The van der Waals surface area contributed by atoms with Crippen molar-refractivity contribution in [2.24, 2.45) is 0 Å². The van der Waals surface area contributed by atoms with E-state index in [2.05, 4.69) is 21.2 Å². The Labute approximate surface area is 102 Å². The van der Waals surface area contributed by atoms with E-state index in [0.29, 0.717) is 11.6 Å². The van der Waals surface area contributed by atoms with Crippen LogP contribution >= 0.6 is 27.5 Å². The molecule has 3 nitrogen and oxygen atoms in total. The van der Waals surface area contributed by atoms with Gasteiger partial charge in [-0.1, -0.05) is 27.5 Å². The molecule has 1 N–H and O–H groups in total. The van der Waals surface area contributed by atoms with Crippen molar-refractivity contribution in [2.45, 2.75) is 6.42 Å². The highest BCUT2D eigenvalue weighted by Gasteiger charge is 2.20. The summed E-state index contributed by atoms with van der Waals surface area (Å²) in [5.74, 6) is 0. The van der Waals surface area contributed by atoms with Crippen LogP contribution in [-0.2, 0) is 0 Å². The zero-order chi connectivity index (χ0) is 10.8. The van der Waals surface area contributed by atoms with Crippen LogP contribution in [0.1, 0.15) is 6.42 Å². The van der Waals surface area contributed by atoms with Gasteiger partial charge in [0.25, 0.3) is 0 Å². The Morgan fingerprint density at radius 1 is 1.47 bits per heavy atom. The van der Waals surface area contributed by atoms with Crippen LogP contribution < -0.4 is 10.2 Å². The summed E-state index contributed by atoms with van der Waals surface area (Å²) in [5.41, 5.74) is 0.761. The maximum Gasteiger partial charge on any atom is 0.321 e. The number of nitrogens with one attached hydrogen (secondary N) is 1. The molecule has 1 aliphatic rings. The monoisotopic (exact) mass is 288 g/mol. The molecule has 1 saturated heterocycles. The quantitative estimate of drug-likeness (QED) is 0.847. The average Bonchev–Trinajstić information content (AvgIpc) is 2.20. The highest BCUT2D eigenvalue weighted by atomic mass is 79.9. The third-order valence-corrected chi connectivity index (χ3v) is 3.08. The van der Waals surface area contributed by atoms with E-state index < -0.39 is 0 Å². The van der Waals surface area contributed by atoms with Gasteiger partial charge in [-0.05, 0) is 24.6 Å². The lowest BCUT2D eigenvalue weighted by Crippen LogP contribution is -2.46. The summed E-state index contributed by atoms with van der Waals surface area (Å²) in [6.07, 6.45) is 0.943. The summed E-state index contributed by atoms with van der Waals surface area (Å²) in [5, 5.41) is 3.37. The number of anilines is 1. The molecule has 1 fully saturated rings. The highest BCUT2D eigenvalue weighted by Crippen LogP contribution is 2.29. The van der Waals surface area contributed by atoms with Crippen LogP contribution in [0.4, 0.5) is 10.5 Å².